The summed E-state index contributed by atoms with van der Waals surface area (Å²) in [7, 11) is 0. The van der Waals surface area contributed by atoms with Crippen LogP contribution in [0.15, 0.2) is 28.7 Å². The minimum atomic E-state index is -0.0235. The Kier molecular flexibility index (Phi) is 5.66. The number of carbonyl (C=O) groups is 1. The van der Waals surface area contributed by atoms with Crippen LogP contribution < -0.4 is 5.32 Å². The quantitative estimate of drug-likeness (QED) is 0.838. The second kappa shape index (κ2) is 7.26. The lowest BCUT2D eigenvalue weighted by molar-refractivity contribution is -0.113. The van der Waals surface area contributed by atoms with Crippen molar-refractivity contribution in [3.63, 3.8) is 0 Å². The van der Waals surface area contributed by atoms with Crippen LogP contribution in [-0.4, -0.2) is 34.0 Å². The lowest BCUT2D eigenvalue weighted by Crippen LogP contribution is -2.25. The number of nitrogens with zero attached hydrogens (tertiary/aromatic N) is 1. The summed E-state index contributed by atoms with van der Waals surface area (Å²) in [6.07, 6.45) is 2.40. The molecule has 6 heteroatoms. The van der Waals surface area contributed by atoms with E-state index in [4.69, 9.17) is 12.2 Å². The van der Waals surface area contributed by atoms with E-state index in [0.29, 0.717) is 5.75 Å². The van der Waals surface area contributed by atoms with Gasteiger partial charge in [-0.15, -0.1) is 0 Å². The predicted molar refractivity (Wildman–Crippen MR) is 88.6 cm³/mol. The van der Waals surface area contributed by atoms with Crippen molar-refractivity contribution in [2.45, 2.75) is 12.8 Å². The van der Waals surface area contributed by atoms with Gasteiger partial charge < -0.3 is 10.2 Å². The molecule has 1 aromatic carbocycles. The zero-order chi connectivity index (χ0) is 13.7. The van der Waals surface area contributed by atoms with Gasteiger partial charge in [0.15, 0.2) is 0 Å². The summed E-state index contributed by atoms with van der Waals surface area (Å²) in [4.78, 5) is 14.0. The van der Waals surface area contributed by atoms with Crippen LogP contribution in [-0.2, 0) is 4.79 Å². The summed E-state index contributed by atoms with van der Waals surface area (Å²) in [5.41, 5.74) is 0.798. The van der Waals surface area contributed by atoms with Crippen molar-refractivity contribution in [1.29, 1.82) is 0 Å². The van der Waals surface area contributed by atoms with Crippen LogP contribution in [0.3, 0.4) is 0 Å². The molecule has 0 aliphatic carbocycles. The fourth-order valence-corrected chi connectivity index (χ4v) is 3.33. The summed E-state index contributed by atoms with van der Waals surface area (Å²) in [5.74, 6) is 0.339. The van der Waals surface area contributed by atoms with Gasteiger partial charge in [0.1, 0.15) is 4.32 Å². The third-order valence-corrected chi connectivity index (χ3v) is 4.82. The first-order valence-corrected chi connectivity index (χ1v) is 8.31. The third kappa shape index (κ3) is 4.78. The number of hydrogen-bond donors (Lipinski definition) is 1. The van der Waals surface area contributed by atoms with E-state index in [9.17, 15) is 4.79 Å². The normalized spacial score (nSPS) is 14.5. The van der Waals surface area contributed by atoms with Gasteiger partial charge in [0.25, 0.3) is 0 Å². The molecule has 1 fully saturated rings. The number of nitrogens with one attached hydrogen (secondary N) is 1. The fourth-order valence-electron chi connectivity index (χ4n) is 1.88. The minimum Gasteiger partial charge on any atom is -0.358 e. The highest BCUT2D eigenvalue weighted by Crippen LogP contribution is 2.18. The molecule has 0 spiro atoms. The van der Waals surface area contributed by atoms with E-state index in [1.807, 2.05) is 24.3 Å². The van der Waals surface area contributed by atoms with Gasteiger partial charge in [-0.1, -0.05) is 46.0 Å². The largest absolute Gasteiger partial charge is 0.358 e. The Bertz CT molecular complexity index is 475. The zero-order valence-electron chi connectivity index (χ0n) is 10.4. The number of likely N-dealkylation sites (tertiary alicyclic amines) is 1. The molecule has 0 saturated carbocycles. The van der Waals surface area contributed by atoms with Crippen molar-refractivity contribution in [3.8, 4) is 0 Å². The Morgan fingerprint density at radius 3 is 2.84 bits per heavy atom. The first-order valence-electron chi connectivity index (χ1n) is 6.12. The second-order valence-corrected chi connectivity index (χ2v) is 6.83. The van der Waals surface area contributed by atoms with E-state index >= 15 is 0 Å². The van der Waals surface area contributed by atoms with E-state index in [1.54, 1.807) is 0 Å². The van der Waals surface area contributed by atoms with Crippen molar-refractivity contribution in [2.24, 2.45) is 0 Å². The molecule has 3 nitrogen and oxygen atoms in total. The molecule has 1 heterocycles. The van der Waals surface area contributed by atoms with E-state index in [1.165, 1.54) is 24.6 Å². The smallest absolute Gasteiger partial charge is 0.234 e. The average Bonchev–Trinajstić information content (AvgIpc) is 2.90. The molecule has 1 aliphatic rings. The number of hydrogen-bond acceptors (Lipinski definition) is 3. The predicted octanol–water partition coefficient (Wildman–Crippen LogP) is 3.50. The number of halogens is 1. The van der Waals surface area contributed by atoms with Gasteiger partial charge in [-0.2, -0.15) is 0 Å². The Labute approximate surface area is 131 Å². The molecule has 1 amide bonds. The van der Waals surface area contributed by atoms with Crippen LogP contribution in [0.1, 0.15) is 12.8 Å². The van der Waals surface area contributed by atoms with Crippen molar-refractivity contribution in [2.75, 3.05) is 24.2 Å². The van der Waals surface area contributed by atoms with Crippen LogP contribution in [0, 0.1) is 0 Å². The summed E-state index contributed by atoms with van der Waals surface area (Å²) < 4.78 is 1.78. The number of carbonyl (C=O) groups excluding carboxylic acids is 1. The fraction of sp³-hybridized carbons (Fsp3) is 0.385. The lowest BCUT2D eigenvalue weighted by Gasteiger charge is -2.17. The van der Waals surface area contributed by atoms with Gasteiger partial charge in [-0.3, -0.25) is 4.79 Å². The van der Waals surface area contributed by atoms with Crippen molar-refractivity contribution in [3.05, 3.63) is 28.7 Å². The molecular weight excluding hydrogens is 344 g/mol. The molecular formula is C13H15BrN2OS2. The summed E-state index contributed by atoms with van der Waals surface area (Å²) in [6.45, 7) is 2.05. The van der Waals surface area contributed by atoms with Gasteiger partial charge in [0, 0.05) is 23.2 Å². The van der Waals surface area contributed by atoms with Crippen LogP contribution in [0.4, 0.5) is 5.69 Å². The molecule has 0 unspecified atom stereocenters. The summed E-state index contributed by atoms with van der Waals surface area (Å²) >= 11 is 10.1. The first-order chi connectivity index (χ1) is 9.15. The Hall–Kier alpha value is -0.590. The molecule has 1 aliphatic heterocycles. The number of amides is 1. The first kappa shape index (κ1) is 14.8. The number of thioether (sulfide) groups is 1. The van der Waals surface area contributed by atoms with Gasteiger partial charge in [0.05, 0.1) is 5.75 Å². The van der Waals surface area contributed by atoms with E-state index in [0.717, 1.165) is 27.6 Å². The standard InChI is InChI=1S/C13H15BrN2OS2/c14-10-4-3-5-11(8-10)15-12(17)9-19-13(18)16-6-1-2-7-16/h3-5,8H,1-2,6-7,9H2,(H,15,17). The molecule has 1 N–H and O–H groups in total. The topological polar surface area (TPSA) is 32.3 Å². The Morgan fingerprint density at radius 2 is 2.16 bits per heavy atom. The third-order valence-electron chi connectivity index (χ3n) is 2.80. The maximum Gasteiger partial charge on any atom is 0.234 e. The number of benzene rings is 1. The lowest BCUT2D eigenvalue weighted by atomic mass is 10.3. The monoisotopic (exact) mass is 358 g/mol. The summed E-state index contributed by atoms with van der Waals surface area (Å²) in [5, 5.41) is 2.86. The number of anilines is 1. The SMILES string of the molecule is O=C(CSC(=S)N1CCCC1)Nc1cccc(Br)c1. The highest BCUT2D eigenvalue weighted by atomic mass is 79.9. The molecule has 102 valence electrons. The number of rotatable bonds is 3. The maximum atomic E-state index is 11.8. The van der Waals surface area contributed by atoms with Crippen LogP contribution in [0.25, 0.3) is 0 Å². The van der Waals surface area contributed by atoms with Crippen molar-refractivity contribution >= 4 is 55.8 Å². The molecule has 0 bridgehead atoms. The van der Waals surface area contributed by atoms with Crippen LogP contribution in [0.5, 0.6) is 0 Å². The average molecular weight is 359 g/mol. The molecule has 19 heavy (non-hydrogen) atoms. The van der Waals surface area contributed by atoms with Crippen LogP contribution >= 0.6 is 39.9 Å². The summed E-state index contributed by atoms with van der Waals surface area (Å²) in [6, 6.07) is 7.56. The van der Waals surface area contributed by atoms with Crippen LogP contribution in [0.2, 0.25) is 0 Å². The van der Waals surface area contributed by atoms with Crippen molar-refractivity contribution in [1.82, 2.24) is 4.90 Å². The molecule has 2 rings (SSSR count). The second-order valence-electron chi connectivity index (χ2n) is 4.31. The van der Waals surface area contributed by atoms with E-state index in [2.05, 4.69) is 26.1 Å². The van der Waals surface area contributed by atoms with Gasteiger partial charge >= 0.3 is 0 Å². The minimum absolute atomic E-state index is 0.0235. The molecule has 1 saturated heterocycles. The maximum absolute atomic E-state index is 11.8. The van der Waals surface area contributed by atoms with E-state index < -0.39 is 0 Å². The Balaban J connectivity index is 1.76. The van der Waals surface area contributed by atoms with E-state index in [-0.39, 0.29) is 5.91 Å². The molecule has 1 aromatic rings. The van der Waals surface area contributed by atoms with Gasteiger partial charge in [0.2, 0.25) is 5.91 Å². The van der Waals surface area contributed by atoms with Gasteiger partial charge in [-0.25, -0.2) is 0 Å². The molecule has 0 radical (unpaired) electrons. The Morgan fingerprint density at radius 1 is 1.42 bits per heavy atom. The molecule has 0 atom stereocenters. The highest BCUT2D eigenvalue weighted by molar-refractivity contribution is 9.10. The van der Waals surface area contributed by atoms with Crippen molar-refractivity contribution < 1.29 is 4.79 Å². The molecule has 0 aromatic heterocycles. The highest BCUT2D eigenvalue weighted by Gasteiger charge is 2.16. The zero-order valence-corrected chi connectivity index (χ0v) is 13.6. The number of thiocarbonyl (C=S) groups is 1. The van der Waals surface area contributed by atoms with Gasteiger partial charge in [-0.05, 0) is 31.0 Å².